The Morgan fingerprint density at radius 3 is 2.70 bits per heavy atom. The number of rotatable bonds is 6. The zero-order valence-electron chi connectivity index (χ0n) is 14.1. The third-order valence-corrected chi connectivity index (χ3v) is 5.05. The van der Waals surface area contributed by atoms with Gasteiger partial charge in [0.05, 0.1) is 11.8 Å². The molecule has 2 aliphatic heterocycles. The van der Waals surface area contributed by atoms with Crippen LogP contribution in [0.15, 0.2) is 16.7 Å². The van der Waals surface area contributed by atoms with Gasteiger partial charge in [0.15, 0.2) is 0 Å². The van der Waals surface area contributed by atoms with Crippen molar-refractivity contribution in [2.24, 2.45) is 0 Å². The summed E-state index contributed by atoms with van der Waals surface area (Å²) in [6.07, 6.45) is 7.15. The highest BCUT2D eigenvalue weighted by Crippen LogP contribution is 2.20. The third kappa shape index (κ3) is 4.15. The molecule has 0 radical (unpaired) electrons. The minimum absolute atomic E-state index is 0.115. The SMILES string of the molecule is Cc1occc1C(=O)N(CCCN1CCCC1)C1CCOCC1. The predicted molar refractivity (Wildman–Crippen MR) is 88.6 cm³/mol. The highest BCUT2D eigenvalue weighted by atomic mass is 16.5. The zero-order valence-corrected chi connectivity index (χ0v) is 14.1. The van der Waals surface area contributed by atoms with E-state index >= 15 is 0 Å². The maximum Gasteiger partial charge on any atom is 0.257 e. The highest BCUT2D eigenvalue weighted by Gasteiger charge is 2.28. The second-order valence-electron chi connectivity index (χ2n) is 6.63. The molecule has 0 atom stereocenters. The number of carbonyl (C=O) groups is 1. The third-order valence-electron chi connectivity index (χ3n) is 5.05. The van der Waals surface area contributed by atoms with E-state index in [1.807, 2.05) is 6.92 Å². The maximum atomic E-state index is 13.0. The van der Waals surface area contributed by atoms with E-state index in [1.54, 1.807) is 12.3 Å². The molecule has 0 bridgehead atoms. The van der Waals surface area contributed by atoms with E-state index in [2.05, 4.69) is 9.80 Å². The molecule has 0 saturated carbocycles. The normalized spacial score (nSPS) is 20.0. The van der Waals surface area contributed by atoms with Crippen LogP contribution in [0.1, 0.15) is 48.2 Å². The van der Waals surface area contributed by atoms with Gasteiger partial charge in [-0.05, 0) is 64.7 Å². The summed E-state index contributed by atoms with van der Waals surface area (Å²) in [6.45, 7) is 7.72. The van der Waals surface area contributed by atoms with Crippen LogP contribution < -0.4 is 0 Å². The molecule has 1 amide bonds. The first-order valence-corrected chi connectivity index (χ1v) is 8.91. The van der Waals surface area contributed by atoms with Crippen molar-refractivity contribution >= 4 is 5.91 Å². The van der Waals surface area contributed by atoms with Gasteiger partial charge in [-0.15, -0.1) is 0 Å². The minimum Gasteiger partial charge on any atom is -0.469 e. The quantitative estimate of drug-likeness (QED) is 0.808. The molecule has 0 spiro atoms. The lowest BCUT2D eigenvalue weighted by Crippen LogP contribution is -2.44. The molecule has 5 heteroatoms. The van der Waals surface area contributed by atoms with E-state index in [0.717, 1.165) is 45.6 Å². The summed E-state index contributed by atoms with van der Waals surface area (Å²) in [5.74, 6) is 0.830. The molecule has 128 valence electrons. The fraction of sp³-hybridized carbons (Fsp3) is 0.722. The van der Waals surface area contributed by atoms with E-state index in [4.69, 9.17) is 9.15 Å². The molecule has 3 rings (SSSR count). The molecular weight excluding hydrogens is 292 g/mol. The van der Waals surface area contributed by atoms with E-state index in [-0.39, 0.29) is 5.91 Å². The molecule has 23 heavy (non-hydrogen) atoms. The predicted octanol–water partition coefficient (Wildman–Crippen LogP) is 2.70. The fourth-order valence-electron chi connectivity index (χ4n) is 3.68. The van der Waals surface area contributed by atoms with Crippen molar-refractivity contribution in [2.45, 2.75) is 45.1 Å². The first-order valence-electron chi connectivity index (χ1n) is 8.91. The van der Waals surface area contributed by atoms with Gasteiger partial charge in [0.1, 0.15) is 5.76 Å². The first-order chi connectivity index (χ1) is 11.3. The number of aryl methyl sites for hydroxylation is 1. The molecular formula is C18H28N2O3. The van der Waals surface area contributed by atoms with Crippen LogP contribution in [0.4, 0.5) is 0 Å². The van der Waals surface area contributed by atoms with E-state index in [1.165, 1.54) is 25.9 Å². The van der Waals surface area contributed by atoms with Crippen molar-refractivity contribution in [3.05, 3.63) is 23.7 Å². The van der Waals surface area contributed by atoms with Crippen LogP contribution in [-0.4, -0.2) is 61.1 Å². The Morgan fingerprint density at radius 1 is 1.30 bits per heavy atom. The molecule has 2 saturated heterocycles. The number of nitrogens with zero attached hydrogens (tertiary/aromatic N) is 2. The molecule has 1 aromatic rings. The van der Waals surface area contributed by atoms with Crippen LogP contribution in [0.3, 0.4) is 0 Å². The van der Waals surface area contributed by atoms with Gasteiger partial charge < -0.3 is 19.0 Å². The molecule has 0 aliphatic carbocycles. The molecule has 5 nitrogen and oxygen atoms in total. The Hall–Kier alpha value is -1.33. The van der Waals surface area contributed by atoms with Crippen LogP contribution in [0, 0.1) is 6.92 Å². The maximum absolute atomic E-state index is 13.0. The van der Waals surface area contributed by atoms with Crippen molar-refractivity contribution in [1.29, 1.82) is 0 Å². The monoisotopic (exact) mass is 320 g/mol. The zero-order chi connectivity index (χ0) is 16.1. The second kappa shape index (κ2) is 7.97. The summed E-state index contributed by atoms with van der Waals surface area (Å²) in [5, 5.41) is 0. The lowest BCUT2D eigenvalue weighted by atomic mass is 10.0. The lowest BCUT2D eigenvalue weighted by Gasteiger charge is -2.34. The molecule has 0 unspecified atom stereocenters. The summed E-state index contributed by atoms with van der Waals surface area (Å²) in [6, 6.07) is 2.09. The number of hydrogen-bond donors (Lipinski definition) is 0. The molecule has 0 aromatic carbocycles. The molecule has 1 aromatic heterocycles. The van der Waals surface area contributed by atoms with Crippen LogP contribution in [0.25, 0.3) is 0 Å². The molecule has 0 N–H and O–H groups in total. The van der Waals surface area contributed by atoms with Crippen LogP contribution in [0.2, 0.25) is 0 Å². The summed E-state index contributed by atoms with van der Waals surface area (Å²) in [5.41, 5.74) is 0.706. The Kier molecular flexibility index (Phi) is 5.73. The Morgan fingerprint density at radius 2 is 2.04 bits per heavy atom. The van der Waals surface area contributed by atoms with Gasteiger partial charge in [0.2, 0.25) is 0 Å². The average molecular weight is 320 g/mol. The van der Waals surface area contributed by atoms with Crippen molar-refractivity contribution in [3.63, 3.8) is 0 Å². The van der Waals surface area contributed by atoms with E-state index in [9.17, 15) is 4.79 Å². The summed E-state index contributed by atoms with van der Waals surface area (Å²) in [7, 11) is 0. The number of amides is 1. The topological polar surface area (TPSA) is 45.9 Å². The smallest absolute Gasteiger partial charge is 0.257 e. The second-order valence-corrected chi connectivity index (χ2v) is 6.63. The van der Waals surface area contributed by atoms with Crippen molar-refractivity contribution in [3.8, 4) is 0 Å². The summed E-state index contributed by atoms with van der Waals surface area (Å²) in [4.78, 5) is 17.5. The summed E-state index contributed by atoms with van der Waals surface area (Å²) < 4.78 is 10.8. The number of furan rings is 1. The van der Waals surface area contributed by atoms with Crippen LogP contribution >= 0.6 is 0 Å². The van der Waals surface area contributed by atoms with Crippen molar-refractivity contribution < 1.29 is 13.9 Å². The van der Waals surface area contributed by atoms with E-state index in [0.29, 0.717) is 17.4 Å². The van der Waals surface area contributed by atoms with Gasteiger partial charge in [0.25, 0.3) is 5.91 Å². The fourth-order valence-corrected chi connectivity index (χ4v) is 3.68. The van der Waals surface area contributed by atoms with Gasteiger partial charge in [-0.1, -0.05) is 0 Å². The first kappa shape index (κ1) is 16.5. The average Bonchev–Trinajstić information content (AvgIpc) is 3.23. The standard InChI is InChI=1S/C18H28N2O3/c1-15-17(7-14-23-15)18(21)20(16-5-12-22-13-6-16)11-4-10-19-8-2-3-9-19/h7,14,16H,2-6,8-13H2,1H3. The van der Waals surface area contributed by atoms with Gasteiger partial charge >= 0.3 is 0 Å². The number of hydrogen-bond acceptors (Lipinski definition) is 4. The number of carbonyl (C=O) groups excluding carboxylic acids is 1. The van der Waals surface area contributed by atoms with E-state index < -0.39 is 0 Å². The van der Waals surface area contributed by atoms with Crippen LogP contribution in [0.5, 0.6) is 0 Å². The Bertz CT molecular complexity index is 502. The largest absolute Gasteiger partial charge is 0.469 e. The van der Waals surface area contributed by atoms with Crippen molar-refractivity contribution in [1.82, 2.24) is 9.80 Å². The number of likely N-dealkylation sites (tertiary alicyclic amines) is 1. The molecule has 3 heterocycles. The molecule has 2 fully saturated rings. The Balaban J connectivity index is 1.63. The Labute approximate surface area is 138 Å². The van der Waals surface area contributed by atoms with Crippen molar-refractivity contribution in [2.75, 3.05) is 39.4 Å². The lowest BCUT2D eigenvalue weighted by molar-refractivity contribution is 0.0281. The summed E-state index contributed by atoms with van der Waals surface area (Å²) >= 11 is 0. The van der Waals surface area contributed by atoms with Gasteiger partial charge in [-0.3, -0.25) is 4.79 Å². The van der Waals surface area contributed by atoms with Crippen LogP contribution in [-0.2, 0) is 4.74 Å². The van der Waals surface area contributed by atoms with Gasteiger partial charge in [0, 0.05) is 25.8 Å². The van der Waals surface area contributed by atoms with Gasteiger partial charge in [-0.25, -0.2) is 0 Å². The number of ether oxygens (including phenoxy) is 1. The molecule has 2 aliphatic rings. The highest BCUT2D eigenvalue weighted by molar-refractivity contribution is 5.95. The minimum atomic E-state index is 0.115. The van der Waals surface area contributed by atoms with Gasteiger partial charge in [-0.2, -0.15) is 0 Å².